The SMILES string of the molecule is CCNC1CCN(C(C)=O)CC1C. The Hall–Kier alpha value is -0.570. The highest BCUT2D eigenvalue weighted by atomic mass is 16.2. The quantitative estimate of drug-likeness (QED) is 0.690. The molecule has 2 atom stereocenters. The molecule has 0 radical (unpaired) electrons. The molecule has 13 heavy (non-hydrogen) atoms. The summed E-state index contributed by atoms with van der Waals surface area (Å²) < 4.78 is 0. The lowest BCUT2D eigenvalue weighted by Gasteiger charge is -2.36. The van der Waals surface area contributed by atoms with Gasteiger partial charge in [0.15, 0.2) is 0 Å². The van der Waals surface area contributed by atoms with E-state index in [9.17, 15) is 4.79 Å². The highest BCUT2D eigenvalue weighted by Gasteiger charge is 2.26. The summed E-state index contributed by atoms with van der Waals surface area (Å²) in [7, 11) is 0. The summed E-state index contributed by atoms with van der Waals surface area (Å²) in [5.74, 6) is 0.791. The number of likely N-dealkylation sites (tertiary alicyclic amines) is 1. The molecular weight excluding hydrogens is 164 g/mol. The van der Waals surface area contributed by atoms with Crippen LogP contribution in [-0.4, -0.2) is 36.5 Å². The third-order valence-electron chi connectivity index (χ3n) is 2.82. The second-order valence-electron chi connectivity index (χ2n) is 3.90. The van der Waals surface area contributed by atoms with Crippen molar-refractivity contribution < 1.29 is 4.79 Å². The van der Waals surface area contributed by atoms with Crippen molar-refractivity contribution in [2.45, 2.75) is 33.2 Å². The Morgan fingerprint density at radius 3 is 2.77 bits per heavy atom. The third-order valence-corrected chi connectivity index (χ3v) is 2.82. The van der Waals surface area contributed by atoms with Crippen molar-refractivity contribution in [2.24, 2.45) is 5.92 Å². The largest absolute Gasteiger partial charge is 0.343 e. The Kier molecular flexibility index (Phi) is 3.72. The number of carbonyl (C=O) groups excluding carboxylic acids is 1. The van der Waals surface area contributed by atoms with Gasteiger partial charge in [-0.2, -0.15) is 0 Å². The van der Waals surface area contributed by atoms with Gasteiger partial charge in [0, 0.05) is 26.1 Å². The van der Waals surface area contributed by atoms with E-state index in [4.69, 9.17) is 0 Å². The van der Waals surface area contributed by atoms with E-state index in [1.165, 1.54) is 0 Å². The highest BCUT2D eigenvalue weighted by Crippen LogP contribution is 2.16. The highest BCUT2D eigenvalue weighted by molar-refractivity contribution is 5.73. The molecule has 1 aliphatic heterocycles. The molecule has 1 amide bonds. The summed E-state index contributed by atoms with van der Waals surface area (Å²) in [5, 5.41) is 3.46. The Labute approximate surface area is 80.5 Å². The molecule has 0 aromatic rings. The number of amides is 1. The molecule has 2 unspecified atom stereocenters. The van der Waals surface area contributed by atoms with Crippen LogP contribution in [0.2, 0.25) is 0 Å². The van der Waals surface area contributed by atoms with Crippen LogP contribution in [0.1, 0.15) is 27.2 Å². The average Bonchev–Trinajstić information content (AvgIpc) is 2.08. The number of nitrogens with zero attached hydrogens (tertiary/aromatic N) is 1. The minimum absolute atomic E-state index is 0.210. The average molecular weight is 184 g/mol. The van der Waals surface area contributed by atoms with E-state index in [0.29, 0.717) is 12.0 Å². The van der Waals surface area contributed by atoms with Crippen molar-refractivity contribution in [3.63, 3.8) is 0 Å². The van der Waals surface area contributed by atoms with Gasteiger partial charge in [-0.05, 0) is 18.9 Å². The molecule has 3 heteroatoms. The lowest BCUT2D eigenvalue weighted by Crippen LogP contribution is -2.49. The molecule has 0 spiro atoms. The van der Waals surface area contributed by atoms with Gasteiger partial charge >= 0.3 is 0 Å². The molecule has 1 rings (SSSR count). The van der Waals surface area contributed by atoms with Crippen LogP contribution in [0, 0.1) is 5.92 Å². The molecule has 1 N–H and O–H groups in total. The lowest BCUT2D eigenvalue weighted by molar-refractivity contribution is -0.130. The third kappa shape index (κ3) is 2.69. The molecule has 1 fully saturated rings. The fraction of sp³-hybridized carbons (Fsp3) is 0.900. The van der Waals surface area contributed by atoms with Crippen LogP contribution in [0.25, 0.3) is 0 Å². The Morgan fingerprint density at radius 2 is 2.31 bits per heavy atom. The molecule has 76 valence electrons. The van der Waals surface area contributed by atoms with Gasteiger partial charge in [-0.3, -0.25) is 4.79 Å². The summed E-state index contributed by atoms with van der Waals surface area (Å²) in [6.45, 7) is 8.84. The normalized spacial score (nSPS) is 29.0. The van der Waals surface area contributed by atoms with Crippen molar-refractivity contribution >= 4 is 5.91 Å². The topological polar surface area (TPSA) is 32.3 Å². The van der Waals surface area contributed by atoms with Crippen LogP contribution in [-0.2, 0) is 4.79 Å². The Balaban J connectivity index is 2.41. The van der Waals surface area contributed by atoms with Crippen molar-refractivity contribution in [3.8, 4) is 0 Å². The molecule has 0 aromatic heterocycles. The van der Waals surface area contributed by atoms with Crippen molar-refractivity contribution in [2.75, 3.05) is 19.6 Å². The van der Waals surface area contributed by atoms with Crippen molar-refractivity contribution in [1.82, 2.24) is 10.2 Å². The molecular formula is C10H20N2O. The first-order chi connectivity index (χ1) is 6.15. The first kappa shape index (κ1) is 10.5. The summed E-state index contributed by atoms with van der Waals surface area (Å²) in [6, 6.07) is 0.598. The number of carbonyl (C=O) groups is 1. The summed E-state index contributed by atoms with van der Waals surface area (Å²) in [5.41, 5.74) is 0. The molecule has 0 saturated carbocycles. The van der Waals surface area contributed by atoms with Crippen LogP contribution in [0.5, 0.6) is 0 Å². The number of hydrogen-bond acceptors (Lipinski definition) is 2. The fourth-order valence-electron chi connectivity index (χ4n) is 2.00. The van der Waals surface area contributed by atoms with Gasteiger partial charge in [0.25, 0.3) is 0 Å². The maximum absolute atomic E-state index is 11.1. The standard InChI is InChI=1S/C10H20N2O/c1-4-11-10-5-6-12(9(3)13)7-8(10)2/h8,10-11H,4-7H2,1-3H3. The number of rotatable bonds is 2. The van der Waals surface area contributed by atoms with Crippen LogP contribution < -0.4 is 5.32 Å². The van der Waals surface area contributed by atoms with Gasteiger partial charge < -0.3 is 10.2 Å². The van der Waals surface area contributed by atoms with Gasteiger partial charge in [0.1, 0.15) is 0 Å². The fourth-order valence-corrected chi connectivity index (χ4v) is 2.00. The van der Waals surface area contributed by atoms with Gasteiger partial charge in [-0.15, -0.1) is 0 Å². The zero-order valence-corrected chi connectivity index (χ0v) is 8.84. The molecule has 0 aromatic carbocycles. The summed E-state index contributed by atoms with van der Waals surface area (Å²) in [6.07, 6.45) is 1.09. The first-order valence-electron chi connectivity index (χ1n) is 5.14. The van der Waals surface area contributed by atoms with Gasteiger partial charge in [-0.1, -0.05) is 13.8 Å². The van der Waals surface area contributed by atoms with E-state index in [-0.39, 0.29) is 5.91 Å². The second kappa shape index (κ2) is 4.61. The molecule has 0 aliphatic carbocycles. The second-order valence-corrected chi connectivity index (χ2v) is 3.90. The van der Waals surface area contributed by atoms with E-state index in [2.05, 4.69) is 19.2 Å². The van der Waals surface area contributed by atoms with Gasteiger partial charge in [-0.25, -0.2) is 0 Å². The molecule has 3 nitrogen and oxygen atoms in total. The minimum Gasteiger partial charge on any atom is -0.343 e. The molecule has 1 aliphatic rings. The van der Waals surface area contributed by atoms with Crippen LogP contribution >= 0.6 is 0 Å². The minimum atomic E-state index is 0.210. The zero-order valence-electron chi connectivity index (χ0n) is 8.84. The summed E-state index contributed by atoms with van der Waals surface area (Å²) >= 11 is 0. The molecule has 0 bridgehead atoms. The van der Waals surface area contributed by atoms with E-state index in [0.717, 1.165) is 26.1 Å². The maximum Gasteiger partial charge on any atom is 0.219 e. The predicted molar refractivity (Wildman–Crippen MR) is 53.5 cm³/mol. The lowest BCUT2D eigenvalue weighted by atomic mass is 9.94. The smallest absolute Gasteiger partial charge is 0.219 e. The van der Waals surface area contributed by atoms with Crippen LogP contribution in [0.4, 0.5) is 0 Å². The summed E-state index contributed by atoms with van der Waals surface area (Å²) in [4.78, 5) is 13.1. The number of hydrogen-bond donors (Lipinski definition) is 1. The van der Waals surface area contributed by atoms with Crippen LogP contribution in [0.3, 0.4) is 0 Å². The number of piperidine rings is 1. The van der Waals surface area contributed by atoms with E-state index in [1.807, 2.05) is 4.90 Å². The first-order valence-corrected chi connectivity index (χ1v) is 5.14. The Morgan fingerprint density at radius 1 is 1.62 bits per heavy atom. The number of nitrogens with one attached hydrogen (secondary N) is 1. The monoisotopic (exact) mass is 184 g/mol. The van der Waals surface area contributed by atoms with E-state index < -0.39 is 0 Å². The van der Waals surface area contributed by atoms with Crippen molar-refractivity contribution in [1.29, 1.82) is 0 Å². The van der Waals surface area contributed by atoms with E-state index >= 15 is 0 Å². The van der Waals surface area contributed by atoms with E-state index in [1.54, 1.807) is 6.92 Å². The van der Waals surface area contributed by atoms with Crippen LogP contribution in [0.15, 0.2) is 0 Å². The predicted octanol–water partition coefficient (Wildman–Crippen LogP) is 0.853. The van der Waals surface area contributed by atoms with Gasteiger partial charge in [0.2, 0.25) is 5.91 Å². The zero-order chi connectivity index (χ0) is 9.84. The van der Waals surface area contributed by atoms with Crippen molar-refractivity contribution in [3.05, 3.63) is 0 Å². The molecule has 1 heterocycles. The van der Waals surface area contributed by atoms with Gasteiger partial charge in [0.05, 0.1) is 0 Å². The Bertz CT molecular complexity index is 182. The molecule has 1 saturated heterocycles. The maximum atomic E-state index is 11.1.